The summed E-state index contributed by atoms with van der Waals surface area (Å²) >= 11 is 13.3. The number of rotatable bonds is 11. The molecule has 0 aliphatic heterocycles. The van der Waals surface area contributed by atoms with Gasteiger partial charge in [-0.2, -0.15) is 0 Å². The van der Waals surface area contributed by atoms with Crippen LogP contribution in [0.3, 0.4) is 0 Å². The lowest BCUT2D eigenvalue weighted by Crippen LogP contribution is -2.30. The highest BCUT2D eigenvalue weighted by atomic mass is 35.5. The third-order valence-corrected chi connectivity index (χ3v) is 8.08. The minimum atomic E-state index is -0.529. The molecule has 4 rings (SSSR count). The van der Waals surface area contributed by atoms with E-state index in [9.17, 15) is 14.4 Å². The van der Waals surface area contributed by atoms with E-state index < -0.39 is 17.1 Å². The number of carbonyl (C=O) groups is 3. The molecule has 0 spiro atoms. The largest absolute Gasteiger partial charge is 0.493 e. The summed E-state index contributed by atoms with van der Waals surface area (Å²) in [6.07, 6.45) is 1.55. The maximum absolute atomic E-state index is 13.4. The molecule has 44 heavy (non-hydrogen) atoms. The van der Waals surface area contributed by atoms with Gasteiger partial charge in [-0.25, -0.2) is 0 Å². The molecule has 0 fully saturated rings. The molecule has 0 radical (unpaired) electrons. The van der Waals surface area contributed by atoms with E-state index in [1.54, 1.807) is 104 Å². The predicted octanol–water partition coefficient (Wildman–Crippen LogP) is 7.54. The van der Waals surface area contributed by atoms with Gasteiger partial charge >= 0.3 is 0 Å². The zero-order chi connectivity index (χ0) is 31.6. The predicted molar refractivity (Wildman–Crippen MR) is 177 cm³/mol. The van der Waals surface area contributed by atoms with E-state index in [1.165, 1.54) is 26.0 Å². The van der Waals surface area contributed by atoms with Crippen LogP contribution in [-0.4, -0.2) is 37.2 Å². The summed E-state index contributed by atoms with van der Waals surface area (Å²) in [6.45, 7) is 1.79. The summed E-state index contributed by atoms with van der Waals surface area (Å²) in [5, 5.41) is 8.70. The second-order valence-electron chi connectivity index (χ2n) is 9.35. The normalized spacial score (nSPS) is 11.7. The number of nitrogens with one attached hydrogen (secondary N) is 3. The fourth-order valence-corrected chi connectivity index (χ4v) is 5.11. The van der Waals surface area contributed by atoms with Crippen LogP contribution >= 0.6 is 35.0 Å². The molecule has 226 valence electrons. The van der Waals surface area contributed by atoms with Crippen LogP contribution in [0.2, 0.25) is 10.0 Å². The van der Waals surface area contributed by atoms with E-state index in [-0.39, 0.29) is 11.6 Å². The van der Waals surface area contributed by atoms with Crippen molar-refractivity contribution in [1.82, 2.24) is 5.32 Å². The molecule has 3 amide bonds. The first-order valence-corrected chi connectivity index (χ1v) is 14.9. The molecule has 0 aliphatic carbocycles. The van der Waals surface area contributed by atoms with Crippen LogP contribution < -0.4 is 25.4 Å². The molecule has 0 heterocycles. The van der Waals surface area contributed by atoms with Crippen molar-refractivity contribution in [2.75, 3.05) is 24.9 Å². The third kappa shape index (κ3) is 8.79. The molecule has 4 aromatic rings. The van der Waals surface area contributed by atoms with Crippen molar-refractivity contribution in [3.05, 3.63) is 118 Å². The van der Waals surface area contributed by atoms with Gasteiger partial charge in [0.25, 0.3) is 11.8 Å². The van der Waals surface area contributed by atoms with Gasteiger partial charge in [0.1, 0.15) is 5.70 Å². The number of hydrogen-bond acceptors (Lipinski definition) is 6. The van der Waals surface area contributed by atoms with Crippen molar-refractivity contribution >= 4 is 70.1 Å². The van der Waals surface area contributed by atoms with Gasteiger partial charge in [0.2, 0.25) is 5.91 Å². The second kappa shape index (κ2) is 15.3. The average molecular weight is 651 g/mol. The average Bonchev–Trinajstić information content (AvgIpc) is 3.03. The first kappa shape index (κ1) is 32.5. The Kier molecular flexibility index (Phi) is 11.3. The van der Waals surface area contributed by atoms with Crippen molar-refractivity contribution in [2.24, 2.45) is 0 Å². The van der Waals surface area contributed by atoms with E-state index >= 15 is 0 Å². The monoisotopic (exact) mass is 649 g/mol. The zero-order valence-corrected chi connectivity index (χ0v) is 26.3. The van der Waals surface area contributed by atoms with E-state index in [2.05, 4.69) is 16.0 Å². The molecule has 0 aromatic heterocycles. The maximum Gasteiger partial charge on any atom is 0.272 e. The van der Waals surface area contributed by atoms with Crippen LogP contribution in [0.25, 0.3) is 6.08 Å². The lowest BCUT2D eigenvalue weighted by Gasteiger charge is -2.14. The molecular formula is C33H29Cl2N3O5S. The minimum Gasteiger partial charge on any atom is -0.493 e. The van der Waals surface area contributed by atoms with Crippen molar-refractivity contribution in [1.29, 1.82) is 0 Å². The van der Waals surface area contributed by atoms with Crippen molar-refractivity contribution in [2.45, 2.75) is 17.1 Å². The molecule has 0 aliphatic rings. The molecule has 0 bridgehead atoms. The SMILES string of the molecule is COc1ccc(/C=C(\NC(=O)c2ccccc2)C(=O)Nc2ccc(SC(C)C(=O)Nc3ccc(Cl)c(Cl)c3)cc2)cc1OC. The van der Waals surface area contributed by atoms with Gasteiger partial charge in [0.05, 0.1) is 29.5 Å². The molecule has 8 nitrogen and oxygen atoms in total. The van der Waals surface area contributed by atoms with Crippen LogP contribution in [0.15, 0.2) is 102 Å². The molecule has 4 aromatic carbocycles. The number of halogens is 2. The second-order valence-corrected chi connectivity index (χ2v) is 11.6. The molecule has 11 heteroatoms. The molecular weight excluding hydrogens is 621 g/mol. The van der Waals surface area contributed by atoms with Gasteiger partial charge in [-0.05, 0) is 85.3 Å². The van der Waals surface area contributed by atoms with Gasteiger partial charge in [-0.1, -0.05) is 47.5 Å². The van der Waals surface area contributed by atoms with Crippen LogP contribution in [0.1, 0.15) is 22.8 Å². The van der Waals surface area contributed by atoms with E-state index in [4.69, 9.17) is 32.7 Å². The van der Waals surface area contributed by atoms with E-state index in [1.807, 2.05) is 0 Å². The number of amides is 3. The molecule has 0 saturated carbocycles. The summed E-state index contributed by atoms with van der Waals surface area (Å²) in [5.74, 6) is -0.164. The summed E-state index contributed by atoms with van der Waals surface area (Å²) in [6, 6.07) is 25.7. The Balaban J connectivity index is 1.47. The van der Waals surface area contributed by atoms with E-state index in [0.29, 0.717) is 44.0 Å². The number of carbonyl (C=O) groups excluding carboxylic acids is 3. The number of anilines is 2. The summed E-state index contributed by atoms with van der Waals surface area (Å²) in [4.78, 5) is 39.9. The number of methoxy groups -OCH3 is 2. The Morgan fingerprint density at radius 2 is 1.45 bits per heavy atom. The number of benzene rings is 4. The molecule has 1 atom stereocenters. The van der Waals surface area contributed by atoms with Crippen LogP contribution in [0.5, 0.6) is 11.5 Å². The lowest BCUT2D eigenvalue weighted by molar-refractivity contribution is -0.115. The lowest BCUT2D eigenvalue weighted by atomic mass is 10.1. The Hall–Kier alpha value is -4.44. The topological polar surface area (TPSA) is 106 Å². The first-order chi connectivity index (χ1) is 21.2. The standard InChI is InChI=1S/C33H29Cl2N3O5S/c1-20(31(39)37-24-12-15-26(34)27(35)19-24)44-25-13-10-23(11-14-25)36-33(41)28(38-32(40)22-7-5-4-6-8-22)17-21-9-16-29(42-2)30(18-21)43-3/h4-20H,1-3H3,(H,36,41)(H,37,39)(H,38,40)/b28-17-. The van der Waals surface area contributed by atoms with Crippen LogP contribution in [0.4, 0.5) is 11.4 Å². The number of ether oxygens (including phenoxy) is 2. The number of thioether (sulfide) groups is 1. The van der Waals surface area contributed by atoms with Crippen LogP contribution in [-0.2, 0) is 9.59 Å². The van der Waals surface area contributed by atoms with Crippen molar-refractivity contribution < 1.29 is 23.9 Å². The minimum absolute atomic E-state index is 0.0251. The van der Waals surface area contributed by atoms with Gasteiger partial charge in [0, 0.05) is 21.8 Å². The van der Waals surface area contributed by atoms with Gasteiger partial charge < -0.3 is 25.4 Å². The maximum atomic E-state index is 13.4. The van der Waals surface area contributed by atoms with E-state index in [0.717, 1.165) is 4.90 Å². The highest BCUT2D eigenvalue weighted by Gasteiger charge is 2.18. The fourth-order valence-electron chi connectivity index (χ4n) is 3.94. The van der Waals surface area contributed by atoms with Gasteiger partial charge in [0.15, 0.2) is 11.5 Å². The number of hydrogen-bond donors (Lipinski definition) is 3. The van der Waals surface area contributed by atoms with Gasteiger partial charge in [-0.3, -0.25) is 14.4 Å². The first-order valence-electron chi connectivity index (χ1n) is 13.3. The Labute approximate surface area is 269 Å². The Morgan fingerprint density at radius 3 is 2.11 bits per heavy atom. The summed E-state index contributed by atoms with van der Waals surface area (Å²) in [7, 11) is 3.05. The van der Waals surface area contributed by atoms with Crippen molar-refractivity contribution in [3.8, 4) is 11.5 Å². The van der Waals surface area contributed by atoms with Gasteiger partial charge in [-0.15, -0.1) is 11.8 Å². The summed E-state index contributed by atoms with van der Waals surface area (Å²) < 4.78 is 10.7. The summed E-state index contributed by atoms with van der Waals surface area (Å²) in [5.41, 5.74) is 2.08. The molecule has 3 N–H and O–H groups in total. The zero-order valence-electron chi connectivity index (χ0n) is 24.0. The molecule has 0 saturated heterocycles. The smallest absolute Gasteiger partial charge is 0.272 e. The molecule has 1 unspecified atom stereocenters. The van der Waals surface area contributed by atoms with Crippen LogP contribution in [0, 0.1) is 0 Å². The van der Waals surface area contributed by atoms with Crippen molar-refractivity contribution in [3.63, 3.8) is 0 Å². The quantitative estimate of drug-likeness (QED) is 0.114. The highest BCUT2D eigenvalue weighted by Crippen LogP contribution is 2.30. The fraction of sp³-hybridized carbons (Fsp3) is 0.121. The Morgan fingerprint density at radius 1 is 0.773 bits per heavy atom. The highest BCUT2D eigenvalue weighted by molar-refractivity contribution is 8.00. The Bertz CT molecular complexity index is 1680. The third-order valence-electron chi connectivity index (χ3n) is 6.23.